The molecule has 16 heavy (non-hydrogen) atoms. The van der Waals surface area contributed by atoms with E-state index < -0.39 is 12.2 Å². The van der Waals surface area contributed by atoms with Crippen LogP contribution in [0.5, 0.6) is 0 Å². The van der Waals surface area contributed by atoms with Crippen LogP contribution in [-0.2, 0) is 0 Å². The van der Waals surface area contributed by atoms with Crippen molar-refractivity contribution >= 4 is 28.9 Å². The maximum Gasteiger partial charge on any atom is 0.107 e. The van der Waals surface area contributed by atoms with Crippen molar-refractivity contribution in [1.29, 1.82) is 0 Å². The monoisotopic (exact) mass is 265 g/mol. The Labute approximate surface area is 103 Å². The largest absolute Gasteiger partial charge is 0.397 e. The Morgan fingerprint density at radius 1 is 1.25 bits per heavy atom. The van der Waals surface area contributed by atoms with Gasteiger partial charge in [-0.15, -0.1) is 0 Å². The molecule has 0 bridgehead atoms. The summed E-state index contributed by atoms with van der Waals surface area (Å²) in [5.41, 5.74) is 6.10. The first kappa shape index (κ1) is 13.5. The molecule has 90 valence electrons. The van der Waals surface area contributed by atoms with Gasteiger partial charge in [-0.25, -0.2) is 0 Å². The van der Waals surface area contributed by atoms with Crippen LogP contribution in [-0.4, -0.2) is 28.0 Å². The van der Waals surface area contributed by atoms with Crippen molar-refractivity contribution in [3.8, 4) is 0 Å². The van der Waals surface area contributed by atoms with Crippen molar-refractivity contribution in [2.45, 2.75) is 18.6 Å². The maximum absolute atomic E-state index is 9.79. The molecule has 1 aromatic rings. The van der Waals surface area contributed by atoms with Crippen molar-refractivity contribution in [3.05, 3.63) is 27.7 Å². The Morgan fingerprint density at radius 2 is 1.88 bits per heavy atom. The molecule has 0 aromatic heterocycles. The van der Waals surface area contributed by atoms with Gasteiger partial charge in [0.1, 0.15) is 6.10 Å². The van der Waals surface area contributed by atoms with Crippen LogP contribution in [0.2, 0.25) is 10.0 Å². The predicted molar refractivity (Wildman–Crippen MR) is 63.5 cm³/mol. The molecule has 0 saturated carbocycles. The fraction of sp³-hybridized carbons (Fsp3) is 0.400. The van der Waals surface area contributed by atoms with Crippen LogP contribution in [0, 0.1) is 0 Å². The first-order chi connectivity index (χ1) is 7.47. The van der Waals surface area contributed by atoms with Gasteiger partial charge in [-0.3, -0.25) is 0 Å². The van der Waals surface area contributed by atoms with Crippen molar-refractivity contribution in [2.24, 2.45) is 0 Å². The highest BCUT2D eigenvalue weighted by molar-refractivity contribution is 6.36. The van der Waals surface area contributed by atoms with Crippen LogP contribution < -0.4 is 5.73 Å². The molecule has 0 saturated heterocycles. The zero-order valence-electron chi connectivity index (χ0n) is 8.40. The minimum atomic E-state index is -1.22. The number of hydrogen-bond acceptors (Lipinski definition) is 4. The molecule has 0 heterocycles. The standard InChI is InChI=1S/C10H13Cl2NO3/c11-5-3-6(9(13)7(12)4-5)10(16)8(15)1-2-14/h3-4,8,10,14-16H,1-2,13H2. The van der Waals surface area contributed by atoms with Crippen LogP contribution in [0.15, 0.2) is 12.1 Å². The van der Waals surface area contributed by atoms with Gasteiger partial charge in [0.2, 0.25) is 0 Å². The van der Waals surface area contributed by atoms with Crippen molar-refractivity contribution in [3.63, 3.8) is 0 Å². The number of nitrogens with two attached hydrogens (primary N) is 1. The Kier molecular flexibility index (Phi) is 4.83. The molecule has 0 aliphatic carbocycles. The van der Waals surface area contributed by atoms with Crippen LogP contribution >= 0.6 is 23.2 Å². The van der Waals surface area contributed by atoms with Crippen LogP contribution in [0.25, 0.3) is 0 Å². The summed E-state index contributed by atoms with van der Waals surface area (Å²) in [6, 6.07) is 2.89. The van der Waals surface area contributed by atoms with E-state index in [9.17, 15) is 10.2 Å². The van der Waals surface area contributed by atoms with Crippen LogP contribution in [0.4, 0.5) is 5.69 Å². The quantitative estimate of drug-likeness (QED) is 0.619. The van der Waals surface area contributed by atoms with E-state index in [4.69, 9.17) is 34.0 Å². The highest BCUT2D eigenvalue weighted by atomic mass is 35.5. The topological polar surface area (TPSA) is 86.7 Å². The Bertz CT molecular complexity index is 373. The third-order valence-electron chi connectivity index (χ3n) is 2.23. The number of halogens is 2. The summed E-state index contributed by atoms with van der Waals surface area (Å²) in [5, 5.41) is 28.5. The average molecular weight is 266 g/mol. The van der Waals surface area contributed by atoms with E-state index >= 15 is 0 Å². The molecule has 1 aromatic carbocycles. The highest BCUT2D eigenvalue weighted by Crippen LogP contribution is 2.33. The number of nitrogen functional groups attached to an aromatic ring is 1. The van der Waals surface area contributed by atoms with E-state index in [0.29, 0.717) is 5.02 Å². The van der Waals surface area contributed by atoms with Gasteiger partial charge in [0.25, 0.3) is 0 Å². The highest BCUT2D eigenvalue weighted by Gasteiger charge is 2.21. The lowest BCUT2D eigenvalue weighted by Crippen LogP contribution is -2.20. The fourth-order valence-corrected chi connectivity index (χ4v) is 1.86. The van der Waals surface area contributed by atoms with Gasteiger partial charge in [0.15, 0.2) is 0 Å². The van der Waals surface area contributed by atoms with E-state index in [1.807, 2.05) is 0 Å². The van der Waals surface area contributed by atoms with Gasteiger partial charge in [0, 0.05) is 17.2 Å². The minimum absolute atomic E-state index is 0.0464. The Hall–Kier alpha value is -0.520. The Balaban J connectivity index is 3.03. The molecule has 0 fully saturated rings. The van der Waals surface area contributed by atoms with E-state index in [2.05, 4.69) is 0 Å². The molecule has 5 N–H and O–H groups in total. The molecule has 0 aliphatic rings. The van der Waals surface area contributed by atoms with E-state index in [1.165, 1.54) is 12.1 Å². The number of aliphatic hydroxyl groups excluding tert-OH is 3. The number of hydrogen-bond donors (Lipinski definition) is 4. The van der Waals surface area contributed by atoms with E-state index in [-0.39, 0.29) is 29.3 Å². The van der Waals surface area contributed by atoms with Gasteiger partial charge in [-0.1, -0.05) is 23.2 Å². The average Bonchev–Trinajstić information content (AvgIpc) is 2.22. The number of benzene rings is 1. The fourth-order valence-electron chi connectivity index (χ4n) is 1.35. The van der Waals surface area contributed by atoms with Crippen molar-refractivity contribution in [2.75, 3.05) is 12.3 Å². The SMILES string of the molecule is Nc1c(Cl)cc(Cl)cc1C(O)C(O)CCO. The second-order valence-electron chi connectivity index (χ2n) is 3.41. The third-order valence-corrected chi connectivity index (χ3v) is 2.77. The molecule has 2 unspecified atom stereocenters. The number of aliphatic hydroxyl groups is 3. The minimum Gasteiger partial charge on any atom is -0.397 e. The molecular formula is C10H13Cl2NO3. The lowest BCUT2D eigenvalue weighted by atomic mass is 10.0. The summed E-state index contributed by atoms with van der Waals surface area (Å²) in [5.74, 6) is 0. The molecule has 2 atom stereocenters. The summed E-state index contributed by atoms with van der Waals surface area (Å²) < 4.78 is 0. The summed E-state index contributed by atoms with van der Waals surface area (Å²) >= 11 is 11.6. The molecule has 1 rings (SSSR count). The molecule has 0 spiro atoms. The maximum atomic E-state index is 9.79. The molecule has 0 radical (unpaired) electrons. The normalized spacial score (nSPS) is 14.8. The Morgan fingerprint density at radius 3 is 2.44 bits per heavy atom. The predicted octanol–water partition coefficient (Wildman–Crippen LogP) is 1.35. The van der Waals surface area contributed by atoms with Gasteiger partial charge >= 0.3 is 0 Å². The van der Waals surface area contributed by atoms with Crippen molar-refractivity contribution < 1.29 is 15.3 Å². The second-order valence-corrected chi connectivity index (χ2v) is 4.26. The molecule has 0 amide bonds. The van der Waals surface area contributed by atoms with Gasteiger partial charge in [-0.2, -0.15) is 0 Å². The summed E-state index contributed by atoms with van der Waals surface area (Å²) in [6.45, 7) is -0.230. The first-order valence-electron chi connectivity index (χ1n) is 4.68. The summed E-state index contributed by atoms with van der Waals surface area (Å²) in [7, 11) is 0. The third kappa shape index (κ3) is 2.99. The second kappa shape index (κ2) is 5.70. The van der Waals surface area contributed by atoms with Crippen LogP contribution in [0.1, 0.15) is 18.1 Å². The lowest BCUT2D eigenvalue weighted by molar-refractivity contribution is 0.00461. The summed E-state index contributed by atoms with van der Waals surface area (Å²) in [4.78, 5) is 0. The van der Waals surface area contributed by atoms with Gasteiger partial charge in [-0.05, 0) is 18.6 Å². The first-order valence-corrected chi connectivity index (χ1v) is 5.44. The lowest BCUT2D eigenvalue weighted by Gasteiger charge is -2.19. The van der Waals surface area contributed by atoms with E-state index in [0.717, 1.165) is 0 Å². The van der Waals surface area contributed by atoms with E-state index in [1.54, 1.807) is 0 Å². The van der Waals surface area contributed by atoms with Crippen LogP contribution in [0.3, 0.4) is 0 Å². The van der Waals surface area contributed by atoms with Gasteiger partial charge < -0.3 is 21.1 Å². The van der Waals surface area contributed by atoms with Gasteiger partial charge in [0.05, 0.1) is 16.8 Å². The molecular weight excluding hydrogens is 253 g/mol. The molecule has 4 nitrogen and oxygen atoms in total. The zero-order chi connectivity index (χ0) is 12.3. The molecule has 0 aliphatic heterocycles. The summed E-state index contributed by atoms with van der Waals surface area (Å²) in [6.07, 6.45) is -2.28. The number of anilines is 1. The van der Waals surface area contributed by atoms with Crippen molar-refractivity contribution in [1.82, 2.24) is 0 Å². The smallest absolute Gasteiger partial charge is 0.107 e. The molecule has 6 heteroatoms. The number of rotatable bonds is 4. The zero-order valence-corrected chi connectivity index (χ0v) is 9.91.